The number of hydrogen-bond donors (Lipinski definition) is 0. The maximum atomic E-state index is 15.6. The Bertz CT molecular complexity index is 1740. The van der Waals surface area contributed by atoms with E-state index in [1.54, 1.807) is 19.2 Å². The van der Waals surface area contributed by atoms with E-state index in [4.69, 9.17) is 16.3 Å². The molecule has 1 unspecified atom stereocenters. The smallest absolute Gasteiger partial charge is 0.416 e. The van der Waals surface area contributed by atoms with Gasteiger partial charge < -0.3 is 9.64 Å². The van der Waals surface area contributed by atoms with Crippen LogP contribution in [0, 0.1) is 18.6 Å². The van der Waals surface area contributed by atoms with E-state index in [0.29, 0.717) is 46.4 Å². The molecule has 1 aliphatic rings. The molecule has 44 heavy (non-hydrogen) atoms. The lowest BCUT2D eigenvalue weighted by Crippen LogP contribution is -2.35. The summed E-state index contributed by atoms with van der Waals surface area (Å²) >= 11 is 7.26. The Kier molecular flexibility index (Phi) is 9.38. The van der Waals surface area contributed by atoms with Gasteiger partial charge in [0.25, 0.3) is 5.56 Å². The Morgan fingerprint density at radius 1 is 1.11 bits per heavy atom. The van der Waals surface area contributed by atoms with E-state index in [1.807, 2.05) is 18.0 Å². The van der Waals surface area contributed by atoms with Crippen molar-refractivity contribution < 1.29 is 26.7 Å². The Balaban J connectivity index is 1.60. The van der Waals surface area contributed by atoms with Crippen molar-refractivity contribution >= 4 is 23.4 Å². The summed E-state index contributed by atoms with van der Waals surface area (Å²) in [6.45, 7) is 2.61. The lowest BCUT2D eigenvalue weighted by Gasteiger charge is -2.25. The molecular weight excluding hydrogens is 621 g/mol. The van der Waals surface area contributed by atoms with Gasteiger partial charge in [0.1, 0.15) is 5.82 Å². The van der Waals surface area contributed by atoms with Crippen LogP contribution in [0.3, 0.4) is 0 Å². The second-order valence-corrected chi connectivity index (χ2v) is 12.1. The molecule has 0 fully saturated rings. The molecule has 0 N–H and O–H groups in total. The fourth-order valence-electron chi connectivity index (χ4n) is 5.58. The van der Waals surface area contributed by atoms with E-state index in [-0.39, 0.29) is 22.9 Å². The predicted octanol–water partition coefficient (Wildman–Crippen LogP) is 7.59. The quantitative estimate of drug-likeness (QED) is 0.175. The van der Waals surface area contributed by atoms with Crippen molar-refractivity contribution in [2.45, 2.75) is 37.0 Å². The lowest BCUT2D eigenvalue weighted by molar-refractivity contribution is -0.138. The van der Waals surface area contributed by atoms with Gasteiger partial charge in [-0.15, -0.1) is 11.8 Å². The highest BCUT2D eigenvalue weighted by Gasteiger charge is 2.37. The number of fused-ring (bicyclic) bond motifs is 1. The van der Waals surface area contributed by atoms with Gasteiger partial charge in [-0.3, -0.25) is 14.3 Å². The number of hydrogen-bond acceptors (Lipinski definition) is 5. The highest BCUT2D eigenvalue weighted by molar-refractivity contribution is 7.99. The minimum atomic E-state index is -4.79. The third-order valence-electron chi connectivity index (χ3n) is 7.81. The fraction of sp³-hybridized carbons (Fsp3) is 0.312. The first-order valence-corrected chi connectivity index (χ1v) is 15.1. The van der Waals surface area contributed by atoms with Crippen LogP contribution in [0.2, 0.25) is 5.02 Å². The van der Waals surface area contributed by atoms with Gasteiger partial charge in [0, 0.05) is 54.7 Å². The third-order valence-corrected chi connectivity index (χ3v) is 9.30. The molecule has 1 atom stereocenters. The SMILES string of the molecule is COc1cccc(-c2c(C)c(Cc3c(F)cccc3C(F)(F)F)c3n(c2=O)C(CN(C)CCc2ccc(Cl)cn2)CS3)c1F. The molecule has 5 nitrogen and oxygen atoms in total. The van der Waals surface area contributed by atoms with Crippen molar-refractivity contribution in [3.63, 3.8) is 0 Å². The van der Waals surface area contributed by atoms with Crippen molar-refractivity contribution in [3.05, 3.63) is 110 Å². The van der Waals surface area contributed by atoms with Crippen molar-refractivity contribution in [1.82, 2.24) is 14.5 Å². The van der Waals surface area contributed by atoms with Crippen LogP contribution in [0.5, 0.6) is 5.75 Å². The van der Waals surface area contributed by atoms with Crippen molar-refractivity contribution in [3.8, 4) is 16.9 Å². The van der Waals surface area contributed by atoms with E-state index in [0.717, 1.165) is 23.9 Å². The van der Waals surface area contributed by atoms with Crippen LogP contribution in [-0.2, 0) is 19.0 Å². The summed E-state index contributed by atoms with van der Waals surface area (Å²) < 4.78 is 79.2. The summed E-state index contributed by atoms with van der Waals surface area (Å²) in [5, 5.41) is 0.988. The topological polar surface area (TPSA) is 47.4 Å². The van der Waals surface area contributed by atoms with Gasteiger partial charge in [0.05, 0.1) is 34.3 Å². The maximum Gasteiger partial charge on any atom is 0.416 e. The number of ether oxygens (including phenoxy) is 1. The van der Waals surface area contributed by atoms with Gasteiger partial charge in [-0.2, -0.15) is 13.2 Å². The molecule has 0 spiro atoms. The molecule has 0 aliphatic carbocycles. The molecule has 2 aromatic carbocycles. The maximum absolute atomic E-state index is 15.6. The Hall–Kier alpha value is -3.41. The summed E-state index contributed by atoms with van der Waals surface area (Å²) in [4.78, 5) is 20.5. The molecule has 0 amide bonds. The van der Waals surface area contributed by atoms with E-state index in [2.05, 4.69) is 4.98 Å². The van der Waals surface area contributed by atoms with Crippen LogP contribution in [-0.4, -0.2) is 47.5 Å². The Labute approximate surface area is 260 Å². The van der Waals surface area contributed by atoms with Crippen LogP contribution < -0.4 is 10.3 Å². The number of pyridine rings is 2. The monoisotopic (exact) mass is 649 g/mol. The largest absolute Gasteiger partial charge is 0.494 e. The molecule has 12 heteroatoms. The highest BCUT2D eigenvalue weighted by atomic mass is 35.5. The minimum absolute atomic E-state index is 0.00515. The van der Waals surface area contributed by atoms with Gasteiger partial charge in [0.2, 0.25) is 0 Å². The molecule has 5 rings (SSSR count). The first kappa shape index (κ1) is 32.0. The second-order valence-electron chi connectivity index (χ2n) is 10.7. The van der Waals surface area contributed by atoms with Gasteiger partial charge in [-0.1, -0.05) is 29.8 Å². The normalized spacial score (nSPS) is 14.7. The fourth-order valence-corrected chi connectivity index (χ4v) is 7.07. The molecule has 0 radical (unpaired) electrons. The van der Waals surface area contributed by atoms with Gasteiger partial charge >= 0.3 is 6.18 Å². The van der Waals surface area contributed by atoms with E-state index in [1.165, 1.54) is 41.6 Å². The predicted molar refractivity (Wildman–Crippen MR) is 162 cm³/mol. The lowest BCUT2D eigenvalue weighted by atomic mass is 9.92. The first-order valence-electron chi connectivity index (χ1n) is 13.8. The number of halogens is 6. The molecule has 3 heterocycles. The van der Waals surface area contributed by atoms with Gasteiger partial charge in [-0.05, 0) is 55.4 Å². The number of rotatable bonds is 9. The number of aromatic nitrogens is 2. The van der Waals surface area contributed by atoms with Crippen LogP contribution >= 0.6 is 23.4 Å². The third kappa shape index (κ3) is 6.36. The zero-order chi connectivity index (χ0) is 31.8. The van der Waals surface area contributed by atoms with Crippen molar-refractivity contribution in [2.75, 3.05) is 33.0 Å². The molecular formula is C32H29ClF5N3O2S. The minimum Gasteiger partial charge on any atom is -0.494 e. The van der Waals surface area contributed by atoms with Gasteiger partial charge in [0.15, 0.2) is 11.6 Å². The van der Waals surface area contributed by atoms with E-state index >= 15 is 8.78 Å². The molecule has 2 aromatic heterocycles. The summed E-state index contributed by atoms with van der Waals surface area (Å²) in [7, 11) is 3.20. The number of methoxy groups -OCH3 is 1. The summed E-state index contributed by atoms with van der Waals surface area (Å²) in [5.74, 6) is -1.39. The molecule has 232 valence electrons. The van der Waals surface area contributed by atoms with Crippen LogP contribution in [0.15, 0.2) is 64.5 Å². The highest BCUT2D eigenvalue weighted by Crippen LogP contribution is 2.42. The Morgan fingerprint density at radius 3 is 2.55 bits per heavy atom. The van der Waals surface area contributed by atoms with Crippen LogP contribution in [0.1, 0.15) is 34.0 Å². The van der Waals surface area contributed by atoms with Crippen molar-refractivity contribution in [1.29, 1.82) is 0 Å². The second kappa shape index (κ2) is 12.9. The molecule has 0 saturated carbocycles. The van der Waals surface area contributed by atoms with E-state index < -0.39 is 40.9 Å². The molecule has 1 aliphatic heterocycles. The van der Waals surface area contributed by atoms with Gasteiger partial charge in [-0.25, -0.2) is 8.78 Å². The number of thioether (sulfide) groups is 1. The number of benzene rings is 2. The average molecular weight is 650 g/mol. The number of likely N-dealkylation sites (N-methyl/N-ethyl adjacent to an activating group) is 1. The van der Waals surface area contributed by atoms with E-state index in [9.17, 15) is 18.0 Å². The Morgan fingerprint density at radius 2 is 1.86 bits per heavy atom. The number of alkyl halides is 3. The average Bonchev–Trinajstić information content (AvgIpc) is 3.39. The summed E-state index contributed by atoms with van der Waals surface area (Å²) in [6.07, 6.45) is -3.02. The van der Waals surface area contributed by atoms with Crippen LogP contribution in [0.25, 0.3) is 11.1 Å². The number of nitrogens with zero attached hydrogens (tertiary/aromatic N) is 3. The summed E-state index contributed by atoms with van der Waals surface area (Å²) in [5.41, 5.74) is -0.641. The first-order chi connectivity index (χ1) is 20.9. The molecule has 0 saturated heterocycles. The zero-order valence-corrected chi connectivity index (χ0v) is 25.7. The summed E-state index contributed by atoms with van der Waals surface area (Å²) in [6, 6.07) is 10.5. The standard InChI is InChI=1S/C32H29ClF5N3O2S/c1-18-23(14-24-25(32(36,37)38)7-5-8-26(24)34)31-41(30(42)28(18)22-6-4-9-27(43-3)29(22)35)21(17-44-31)16-40(2)13-12-20-11-10-19(33)15-39-20/h4-11,15,21H,12-14,16-17H2,1-3H3. The molecule has 0 bridgehead atoms. The molecule has 4 aromatic rings. The van der Waals surface area contributed by atoms with Crippen LogP contribution in [0.4, 0.5) is 22.0 Å². The zero-order valence-electron chi connectivity index (χ0n) is 24.1. The van der Waals surface area contributed by atoms with Crippen molar-refractivity contribution in [2.24, 2.45) is 0 Å².